The van der Waals surface area contributed by atoms with Crippen LogP contribution in [0, 0.1) is 0 Å². The van der Waals surface area contributed by atoms with Crippen molar-refractivity contribution < 1.29 is 13.7 Å². The van der Waals surface area contributed by atoms with Crippen molar-refractivity contribution in [3.63, 3.8) is 0 Å². The van der Waals surface area contributed by atoms with Gasteiger partial charge in [0, 0.05) is 100 Å². The van der Waals surface area contributed by atoms with Crippen LogP contribution in [-0.2, 0) is 33.0 Å². The normalized spacial score (nSPS) is 15.3. The number of nitrogens with zero attached hydrogens (tertiary/aromatic N) is 10. The van der Waals surface area contributed by atoms with E-state index in [2.05, 4.69) is 257 Å². The highest BCUT2D eigenvalue weighted by Gasteiger charge is 2.44. The molecule has 3 atom stereocenters. The molecule has 0 spiro atoms. The lowest BCUT2D eigenvalue weighted by Crippen LogP contribution is -2.33. The lowest BCUT2D eigenvalue weighted by atomic mass is 9.91. The molecule has 19 aromatic carbocycles. The minimum absolute atomic E-state index is 0.554. The van der Waals surface area contributed by atoms with Crippen LogP contribution < -0.4 is 47.7 Å². The first-order valence-electron chi connectivity index (χ1n) is 46.9. The number of hydrogen-bond acceptors (Lipinski definition) is 9. The number of fused-ring (bicyclic) bond motifs is 11. The molecule has 0 saturated heterocycles. The van der Waals surface area contributed by atoms with Crippen LogP contribution in [0.4, 0.5) is 0 Å². The number of imidazole rings is 3. The molecule has 5 aromatic heterocycles. The largest absolute Gasteiger partial charge is 0.309 e. The van der Waals surface area contributed by atoms with E-state index in [9.17, 15) is 0 Å². The van der Waals surface area contributed by atoms with E-state index in [-0.39, 0.29) is 0 Å². The van der Waals surface area contributed by atoms with Crippen molar-refractivity contribution >= 4 is 146 Å². The molecule has 16 heteroatoms. The second kappa shape index (κ2) is 33.6. The topological polar surface area (TPSA) is 148 Å². The number of para-hydroxylation sites is 5. The van der Waals surface area contributed by atoms with Crippen molar-refractivity contribution in [2.24, 2.45) is 0 Å². The van der Waals surface area contributed by atoms with Crippen LogP contribution in [0.5, 0.6) is 0 Å². The second-order valence-corrected chi connectivity index (χ2v) is 43.5. The average molecular weight is 1830 g/mol. The van der Waals surface area contributed by atoms with Gasteiger partial charge in [0.2, 0.25) is 0 Å². The summed E-state index contributed by atoms with van der Waals surface area (Å²) < 4.78 is 55.5. The van der Waals surface area contributed by atoms with Crippen molar-refractivity contribution in [1.29, 1.82) is 0 Å². The first kappa shape index (κ1) is 83.4. The van der Waals surface area contributed by atoms with Gasteiger partial charge in [0.05, 0.1) is 61.2 Å². The van der Waals surface area contributed by atoms with Crippen LogP contribution >= 0.6 is 21.4 Å². The maximum atomic E-state index is 15.7. The Morgan fingerprint density at radius 1 is 0.210 bits per heavy atom. The van der Waals surface area contributed by atoms with Gasteiger partial charge in [-0.3, -0.25) is 13.7 Å². The van der Waals surface area contributed by atoms with Gasteiger partial charge in [-0.1, -0.05) is 330 Å². The molecule has 0 N–H and O–H groups in total. The van der Waals surface area contributed by atoms with E-state index >= 15 is 13.7 Å². The number of rotatable bonds is 14. The lowest BCUT2D eigenvalue weighted by Gasteiger charge is -2.29. The third-order valence-corrected chi connectivity index (χ3v) is 37.0. The molecule has 138 heavy (non-hydrogen) atoms. The fourth-order valence-electron chi connectivity index (χ4n) is 21.1. The average Bonchev–Trinajstić information content (AvgIpc) is 1.44. The van der Waals surface area contributed by atoms with Crippen molar-refractivity contribution in [2.75, 3.05) is 0 Å². The van der Waals surface area contributed by atoms with E-state index < -0.39 is 21.4 Å². The van der Waals surface area contributed by atoms with Gasteiger partial charge in [0.25, 0.3) is 0 Å². The molecular formula is C122H87N10O3P3. The molecule has 658 valence electrons. The zero-order chi connectivity index (χ0) is 92.5. The van der Waals surface area contributed by atoms with E-state index in [0.29, 0.717) is 17.5 Å². The first-order valence-corrected chi connectivity index (χ1v) is 52.1. The van der Waals surface area contributed by atoms with Crippen molar-refractivity contribution in [3.8, 4) is 101 Å². The Labute approximate surface area is 797 Å². The fourth-order valence-corrected chi connectivity index (χ4v) is 30.0. The molecule has 0 amide bonds. The molecule has 3 unspecified atom stereocenters. The Hall–Kier alpha value is -16.4. The Kier molecular flexibility index (Phi) is 20.3. The van der Waals surface area contributed by atoms with E-state index in [0.717, 1.165) is 190 Å². The smallest absolute Gasteiger partial charge is 0.175 e. The quantitative estimate of drug-likeness (QED) is 0.0970. The Morgan fingerprint density at radius 2 is 0.507 bits per heavy atom. The predicted molar refractivity (Wildman–Crippen MR) is 571 cm³/mol. The van der Waals surface area contributed by atoms with E-state index in [1.165, 1.54) is 54.5 Å². The molecule has 0 radical (unpaired) electrons. The molecule has 24 aromatic rings. The summed E-state index contributed by atoms with van der Waals surface area (Å²) in [6.45, 7) is 6.37. The summed E-state index contributed by atoms with van der Waals surface area (Å²) in [5.74, 6) is 4.62. The van der Waals surface area contributed by atoms with Gasteiger partial charge in [-0.05, 0) is 193 Å². The monoisotopic (exact) mass is 1830 g/mol. The van der Waals surface area contributed by atoms with Crippen LogP contribution in [0.2, 0.25) is 0 Å². The minimum atomic E-state index is -3.20. The SMILES string of the molecule is CCc1nc2cccc3c2n1-c1cc(-c2cc(-c4ccc5ccccc5c4)cc(-c4ccc5ccccc5c4)c2)ccc1P3(=O)c1ccccc1.CCc1nc2cccc3c2n1-c1cc(-c2ccc(-n4c5ccccc5c5ccccc54)cc2)ccc1P3(=O)c1ccccc1.CCc1nc2cccc3c2n1-c1cc(-c2nc(-c4ccccc4)nc(-c4ccccc4)n2)ccc1P3(=O)c1ccccc1. The van der Waals surface area contributed by atoms with Crippen LogP contribution in [0.1, 0.15) is 38.2 Å². The number of aryl methyl sites for hydroxylation is 3. The maximum Gasteiger partial charge on any atom is 0.175 e. The molecule has 3 aliphatic rings. The third kappa shape index (κ3) is 13.5. The fraction of sp³-hybridized carbons (Fsp3) is 0.0492. The van der Waals surface area contributed by atoms with E-state index in [4.69, 9.17) is 29.9 Å². The highest BCUT2D eigenvalue weighted by molar-refractivity contribution is 7.87. The van der Waals surface area contributed by atoms with Gasteiger partial charge >= 0.3 is 0 Å². The number of hydrogen-bond donors (Lipinski definition) is 0. The van der Waals surface area contributed by atoms with Gasteiger partial charge in [-0.25, -0.2) is 29.9 Å². The van der Waals surface area contributed by atoms with Crippen molar-refractivity contribution in [1.82, 2.24) is 48.2 Å². The summed E-state index contributed by atoms with van der Waals surface area (Å²) in [6.07, 6.45) is 2.27. The third-order valence-electron chi connectivity index (χ3n) is 27.6. The van der Waals surface area contributed by atoms with Crippen LogP contribution in [0.25, 0.3) is 178 Å². The van der Waals surface area contributed by atoms with Gasteiger partial charge in [0.15, 0.2) is 38.9 Å². The molecule has 27 rings (SSSR count). The summed E-state index contributed by atoms with van der Waals surface area (Å²) in [4.78, 5) is 29.8. The van der Waals surface area contributed by atoms with E-state index in [1.807, 2.05) is 218 Å². The molecule has 3 aliphatic heterocycles. The van der Waals surface area contributed by atoms with Gasteiger partial charge in [-0.15, -0.1) is 0 Å². The number of aromatic nitrogens is 10. The van der Waals surface area contributed by atoms with Gasteiger partial charge < -0.3 is 18.3 Å². The highest BCUT2D eigenvalue weighted by atomic mass is 31.2. The molecule has 0 saturated carbocycles. The lowest BCUT2D eigenvalue weighted by molar-refractivity contribution is 0.591. The predicted octanol–water partition coefficient (Wildman–Crippen LogP) is 25.9. The summed E-state index contributed by atoms with van der Waals surface area (Å²) >= 11 is 0. The van der Waals surface area contributed by atoms with Gasteiger partial charge in [0.1, 0.15) is 17.5 Å². The Balaban J connectivity index is 0.000000110. The zero-order valence-corrected chi connectivity index (χ0v) is 78.4. The highest BCUT2D eigenvalue weighted by Crippen LogP contribution is 2.54. The molecular weight excluding hydrogens is 1750 g/mol. The Bertz CT molecular complexity index is 9000. The summed E-state index contributed by atoms with van der Waals surface area (Å²) in [7, 11) is -9.52. The zero-order valence-electron chi connectivity index (χ0n) is 75.7. The molecule has 0 bridgehead atoms. The number of benzene rings is 19. The minimum Gasteiger partial charge on any atom is -0.309 e. The summed E-state index contributed by atoms with van der Waals surface area (Å²) in [5.41, 5.74) is 23.4. The molecule has 0 fully saturated rings. The molecule has 13 nitrogen and oxygen atoms in total. The standard InChI is InChI=1S/C47H33N2OP.C39H28N3OP.C36H26N5OP/c1-2-46-48-42-17-10-18-45-47(42)49(46)43-30-37(23-24-44(43)51(45,50)41-15-4-3-5-16-41)40-28-38(35-21-19-31-11-6-8-13-33(31)25-35)27-39(29-40)36-22-20-32-12-7-9-14-34(32)26-36;1-2-38-40-32-15-10-18-37-39(32)42(38)35-25-27(21-24-36(35)44(37,43)29-11-4-3-5-12-29)26-19-22-28(23-20-26)41-33-16-8-6-13-30(33)31-14-7-9-17-34(31)41;1-2-32-37-28-19-12-20-31-33(28)41(32)29-23-26(21-22-30(29)43(31,42)27-17-10-5-11-18-27)36-39-34(24-13-6-3-7-14-24)38-35(40-36)25-15-8-4-9-16-25/h3-30H,2H2,1H3;3-25H,2H2,1H3;3-23H,2H2,1H3. The second-order valence-electron chi connectivity index (χ2n) is 35.4. The van der Waals surface area contributed by atoms with E-state index in [1.54, 1.807) is 0 Å². The summed E-state index contributed by atoms with van der Waals surface area (Å²) in [6, 6.07) is 150. The van der Waals surface area contributed by atoms with Crippen molar-refractivity contribution in [3.05, 3.63) is 454 Å². The molecule has 0 aliphatic carbocycles. The Morgan fingerprint density at radius 3 is 0.884 bits per heavy atom. The van der Waals surface area contributed by atoms with Crippen molar-refractivity contribution in [2.45, 2.75) is 40.0 Å². The van der Waals surface area contributed by atoms with Crippen LogP contribution in [0.3, 0.4) is 0 Å². The maximum absolute atomic E-state index is 15.7. The van der Waals surface area contributed by atoms with Crippen LogP contribution in [-0.4, -0.2) is 48.2 Å². The molecule has 8 heterocycles. The summed E-state index contributed by atoms with van der Waals surface area (Å²) in [5, 5.41) is 14.9. The van der Waals surface area contributed by atoms with Gasteiger partial charge in [-0.2, -0.15) is 0 Å². The first-order chi connectivity index (χ1) is 67.9. The van der Waals surface area contributed by atoms with Crippen LogP contribution in [0.15, 0.2) is 437 Å².